The van der Waals surface area contributed by atoms with Crippen molar-refractivity contribution in [2.75, 3.05) is 5.88 Å². The van der Waals surface area contributed by atoms with E-state index < -0.39 is 0 Å². The summed E-state index contributed by atoms with van der Waals surface area (Å²) in [4.78, 5) is 4.27. The molecule has 2 N–H and O–H groups in total. The highest BCUT2D eigenvalue weighted by atomic mass is 79.9. The molecule has 0 saturated carbocycles. The van der Waals surface area contributed by atoms with Crippen molar-refractivity contribution in [3.8, 4) is 0 Å². The number of hydrogen-bond donors (Lipinski definition) is 1. The maximum atomic E-state index is 5.62. The van der Waals surface area contributed by atoms with Gasteiger partial charge in [0.15, 0.2) is 0 Å². The van der Waals surface area contributed by atoms with E-state index in [1.165, 1.54) is 0 Å². The van der Waals surface area contributed by atoms with E-state index in [4.69, 9.17) is 17.3 Å². The van der Waals surface area contributed by atoms with Crippen molar-refractivity contribution in [2.45, 2.75) is 13.8 Å². The van der Waals surface area contributed by atoms with Gasteiger partial charge in [-0.05, 0) is 47.0 Å². The third-order valence-corrected chi connectivity index (χ3v) is 3.85. The first-order valence-electron chi connectivity index (χ1n) is 4.31. The van der Waals surface area contributed by atoms with Crippen LogP contribution in [0, 0.1) is 13.8 Å². The molecule has 0 amide bonds. The van der Waals surface area contributed by atoms with Gasteiger partial charge < -0.3 is 5.73 Å². The zero-order valence-corrected chi connectivity index (χ0v) is 12.4. The summed E-state index contributed by atoms with van der Waals surface area (Å²) in [5.41, 5.74) is 8.70. The lowest BCUT2D eigenvalue weighted by molar-refractivity contribution is 1.27. The minimum absolute atomic E-state index is 0.237. The second-order valence-electron chi connectivity index (χ2n) is 3.18. The molecule has 0 aliphatic rings. The van der Waals surface area contributed by atoms with Crippen molar-refractivity contribution in [3.05, 3.63) is 26.1 Å². The van der Waals surface area contributed by atoms with Gasteiger partial charge in [-0.1, -0.05) is 15.9 Å². The van der Waals surface area contributed by atoms with Gasteiger partial charge in [-0.15, -0.1) is 11.6 Å². The minimum atomic E-state index is 0.237. The van der Waals surface area contributed by atoms with Crippen LogP contribution in [0.3, 0.4) is 0 Å². The van der Waals surface area contributed by atoms with Crippen LogP contribution in [0.2, 0.25) is 0 Å². The summed E-state index contributed by atoms with van der Waals surface area (Å²) in [6.07, 6.45) is 0. The van der Waals surface area contributed by atoms with Crippen LogP contribution in [0.15, 0.2) is 20.0 Å². The maximum Gasteiger partial charge on any atom is 0.115 e. The third kappa shape index (κ3) is 2.95. The molecular formula is C10H11Br2ClN2. The van der Waals surface area contributed by atoms with E-state index in [-0.39, 0.29) is 5.88 Å². The predicted octanol–water partition coefficient (Wildman–Crippen LogP) is 4.06. The third-order valence-electron chi connectivity index (χ3n) is 2.15. The molecule has 82 valence electrons. The molecule has 2 nitrogen and oxygen atoms in total. The van der Waals surface area contributed by atoms with Crippen molar-refractivity contribution < 1.29 is 0 Å². The number of benzene rings is 1. The van der Waals surface area contributed by atoms with Gasteiger partial charge in [0.25, 0.3) is 0 Å². The summed E-state index contributed by atoms with van der Waals surface area (Å²) >= 11 is 12.5. The van der Waals surface area contributed by atoms with Crippen LogP contribution in [0.25, 0.3) is 0 Å². The highest BCUT2D eigenvalue weighted by molar-refractivity contribution is 9.11. The highest BCUT2D eigenvalue weighted by Crippen LogP contribution is 2.35. The zero-order valence-electron chi connectivity index (χ0n) is 8.44. The fourth-order valence-corrected chi connectivity index (χ4v) is 2.64. The normalized spacial score (nSPS) is 11.9. The Labute approximate surface area is 111 Å². The van der Waals surface area contributed by atoms with E-state index in [9.17, 15) is 0 Å². The van der Waals surface area contributed by atoms with Crippen LogP contribution < -0.4 is 5.73 Å². The number of aliphatic imine (C=N–C) groups is 1. The van der Waals surface area contributed by atoms with E-state index in [0.29, 0.717) is 5.84 Å². The molecule has 0 fully saturated rings. The average molecular weight is 354 g/mol. The summed E-state index contributed by atoms with van der Waals surface area (Å²) in [6.45, 7) is 4.03. The molecule has 0 bridgehead atoms. The van der Waals surface area contributed by atoms with Crippen molar-refractivity contribution >= 4 is 55.0 Å². The lowest BCUT2D eigenvalue weighted by Crippen LogP contribution is -2.12. The second kappa shape index (κ2) is 5.32. The molecule has 5 heteroatoms. The second-order valence-corrected chi connectivity index (χ2v) is 5.15. The molecule has 0 atom stereocenters. The lowest BCUT2D eigenvalue weighted by atomic mass is 10.1. The quantitative estimate of drug-likeness (QED) is 0.486. The first kappa shape index (κ1) is 13.0. The molecule has 0 unspecified atom stereocenters. The van der Waals surface area contributed by atoms with Crippen molar-refractivity contribution in [1.82, 2.24) is 0 Å². The number of halogens is 3. The van der Waals surface area contributed by atoms with Gasteiger partial charge in [0.1, 0.15) is 5.84 Å². The van der Waals surface area contributed by atoms with Crippen LogP contribution in [0.5, 0.6) is 0 Å². The summed E-state index contributed by atoms with van der Waals surface area (Å²) in [6, 6.07) is 1.96. The first-order chi connectivity index (χ1) is 6.97. The van der Waals surface area contributed by atoms with E-state index in [2.05, 4.69) is 36.9 Å². The number of alkyl halides is 1. The van der Waals surface area contributed by atoms with Crippen LogP contribution in [-0.2, 0) is 0 Å². The number of nitrogens with two attached hydrogens (primary N) is 1. The highest BCUT2D eigenvalue weighted by Gasteiger charge is 2.09. The monoisotopic (exact) mass is 352 g/mol. The summed E-state index contributed by atoms with van der Waals surface area (Å²) in [7, 11) is 0. The topological polar surface area (TPSA) is 38.4 Å². The Morgan fingerprint density at radius 2 is 1.93 bits per heavy atom. The van der Waals surface area contributed by atoms with Crippen LogP contribution in [0.4, 0.5) is 5.69 Å². The average Bonchev–Trinajstić information content (AvgIpc) is 2.21. The van der Waals surface area contributed by atoms with Gasteiger partial charge in [-0.2, -0.15) is 0 Å². The van der Waals surface area contributed by atoms with Crippen LogP contribution in [-0.4, -0.2) is 11.7 Å². The summed E-state index contributed by atoms with van der Waals surface area (Å²) in [5.74, 6) is 0.656. The standard InChI is InChI=1S/C10H11Br2ClN2/c1-5-6(2)10(15-9(14)4-13)8(12)3-7(5)11/h3H,4H2,1-2H3,(H2,14,15). The minimum Gasteiger partial charge on any atom is -0.386 e. The number of nitrogens with zero attached hydrogens (tertiary/aromatic N) is 1. The van der Waals surface area contributed by atoms with Crippen LogP contribution in [0.1, 0.15) is 11.1 Å². The molecule has 0 heterocycles. The van der Waals surface area contributed by atoms with Gasteiger partial charge in [-0.25, -0.2) is 4.99 Å². The SMILES string of the molecule is Cc1c(Br)cc(Br)c(N=C(N)CCl)c1C. The van der Waals surface area contributed by atoms with Crippen molar-refractivity contribution in [3.63, 3.8) is 0 Å². The predicted molar refractivity (Wildman–Crippen MR) is 73.3 cm³/mol. The molecule has 0 saturated heterocycles. The van der Waals surface area contributed by atoms with Crippen molar-refractivity contribution in [2.24, 2.45) is 10.7 Å². The first-order valence-corrected chi connectivity index (χ1v) is 6.43. The fraction of sp³-hybridized carbons (Fsp3) is 0.300. The molecule has 0 aliphatic carbocycles. The largest absolute Gasteiger partial charge is 0.386 e. The van der Waals surface area contributed by atoms with Gasteiger partial charge in [-0.3, -0.25) is 0 Å². The molecule has 0 spiro atoms. The van der Waals surface area contributed by atoms with E-state index in [0.717, 1.165) is 25.8 Å². The van der Waals surface area contributed by atoms with E-state index in [1.807, 2.05) is 19.9 Å². The molecule has 0 aliphatic heterocycles. The molecule has 0 radical (unpaired) electrons. The Bertz CT molecular complexity index is 416. The van der Waals surface area contributed by atoms with Crippen LogP contribution >= 0.6 is 43.5 Å². The Hall–Kier alpha value is -0.0600. The molecule has 1 rings (SSSR count). The summed E-state index contributed by atoms with van der Waals surface area (Å²) in [5, 5.41) is 0. The summed E-state index contributed by atoms with van der Waals surface area (Å²) < 4.78 is 1.96. The Morgan fingerprint density at radius 1 is 1.33 bits per heavy atom. The molecular weight excluding hydrogens is 343 g/mol. The van der Waals surface area contributed by atoms with Gasteiger partial charge in [0, 0.05) is 8.95 Å². The smallest absolute Gasteiger partial charge is 0.115 e. The maximum absolute atomic E-state index is 5.62. The van der Waals surface area contributed by atoms with Crippen molar-refractivity contribution in [1.29, 1.82) is 0 Å². The van der Waals surface area contributed by atoms with Gasteiger partial charge in [0.2, 0.25) is 0 Å². The molecule has 15 heavy (non-hydrogen) atoms. The van der Waals surface area contributed by atoms with Gasteiger partial charge in [0.05, 0.1) is 11.6 Å². The lowest BCUT2D eigenvalue weighted by Gasteiger charge is -2.09. The molecule has 1 aromatic rings. The molecule has 0 aromatic heterocycles. The number of rotatable bonds is 2. The fourth-order valence-electron chi connectivity index (χ4n) is 1.13. The Morgan fingerprint density at radius 3 is 2.47 bits per heavy atom. The zero-order chi connectivity index (χ0) is 11.6. The number of amidine groups is 1. The Kier molecular flexibility index (Phi) is 4.62. The van der Waals surface area contributed by atoms with E-state index in [1.54, 1.807) is 0 Å². The van der Waals surface area contributed by atoms with Gasteiger partial charge >= 0.3 is 0 Å². The Balaban J connectivity index is 3.36. The molecule has 1 aromatic carbocycles. The number of hydrogen-bond acceptors (Lipinski definition) is 1. The van der Waals surface area contributed by atoms with E-state index >= 15 is 0 Å².